The zero-order chi connectivity index (χ0) is 17.7. The largest absolute Gasteiger partial charge is 0.852 e. The summed E-state index contributed by atoms with van der Waals surface area (Å²) in [6.45, 7) is 0. The van der Waals surface area contributed by atoms with Crippen molar-refractivity contribution in [1.29, 1.82) is 0 Å². The van der Waals surface area contributed by atoms with Gasteiger partial charge in [0.25, 0.3) is 10.1 Å². The van der Waals surface area contributed by atoms with E-state index in [2.05, 4.69) is 10.0 Å². The molecule has 0 aromatic heterocycles. The predicted molar refractivity (Wildman–Crippen MR) is 90.9 cm³/mol. The molecule has 0 radical (unpaired) electrons. The van der Waals surface area contributed by atoms with Crippen molar-refractivity contribution >= 4 is 27.4 Å². The van der Waals surface area contributed by atoms with Crippen molar-refractivity contribution in [2.75, 3.05) is 12.4 Å². The number of halogens is 1. The van der Waals surface area contributed by atoms with E-state index < -0.39 is 26.0 Å². The summed E-state index contributed by atoms with van der Waals surface area (Å²) in [5.74, 6) is -1.06. The lowest BCUT2D eigenvalue weighted by Crippen LogP contribution is -2.36. The fraction of sp³-hybridized carbons (Fsp3) is 0.0667. The number of anilines is 1. The third kappa shape index (κ3) is 3.73. The van der Waals surface area contributed by atoms with Crippen molar-refractivity contribution in [3.8, 4) is 0 Å². The summed E-state index contributed by atoms with van der Waals surface area (Å²) in [4.78, 5) is 10.6. The number of hydrogen-bond acceptors (Lipinski definition) is 5. The molecule has 0 aliphatic heterocycles. The number of hydrogen-bond donors (Lipinski definition) is 2. The molecule has 0 bridgehead atoms. The van der Waals surface area contributed by atoms with Crippen LogP contribution in [0.15, 0.2) is 70.4 Å². The summed E-state index contributed by atoms with van der Waals surface area (Å²) >= 11 is 5.75. The molecule has 0 fully saturated rings. The second-order valence-corrected chi connectivity index (χ2v) is 7.41. The van der Waals surface area contributed by atoms with Crippen molar-refractivity contribution in [2.45, 2.75) is 4.90 Å². The fourth-order valence-corrected chi connectivity index (χ4v) is 3.82. The molecule has 2 N–H and O–H groups in total. The molecule has 0 aliphatic rings. The quantitative estimate of drug-likeness (QED) is 0.352. The summed E-state index contributed by atoms with van der Waals surface area (Å²) in [6.07, 6.45) is 0. The molecule has 0 saturated heterocycles. The molecular weight excluding hydrogens is 354 g/mol. The zero-order valence-corrected chi connectivity index (χ0v) is 14.1. The second kappa shape index (κ2) is 7.43. The summed E-state index contributed by atoms with van der Waals surface area (Å²) in [6, 6.07) is 13.8. The molecule has 24 heavy (non-hydrogen) atoms. The fourth-order valence-electron chi connectivity index (χ4n) is 1.97. The first-order chi connectivity index (χ1) is 11.4. The highest BCUT2D eigenvalue weighted by Crippen LogP contribution is 2.27. The third-order valence-corrected chi connectivity index (χ3v) is 5.74. The van der Waals surface area contributed by atoms with Crippen LogP contribution in [0.25, 0.3) is 0 Å². The maximum Gasteiger partial charge on any atom is 0.477 e. The normalized spacial score (nSPS) is 14.4. The van der Waals surface area contributed by atoms with Crippen LogP contribution in [0, 0.1) is 10.1 Å². The van der Waals surface area contributed by atoms with Crippen LogP contribution in [0.5, 0.6) is 0 Å². The number of nitro groups is 1. The van der Waals surface area contributed by atoms with E-state index in [-0.39, 0.29) is 4.90 Å². The maximum absolute atomic E-state index is 13.1. The van der Waals surface area contributed by atoms with E-state index in [0.717, 1.165) is 0 Å². The van der Waals surface area contributed by atoms with Crippen LogP contribution in [0.1, 0.15) is 0 Å². The number of rotatable bonds is 6. The Balaban J connectivity index is 2.52. The van der Waals surface area contributed by atoms with Crippen molar-refractivity contribution in [2.24, 2.45) is 0 Å². The van der Waals surface area contributed by atoms with Gasteiger partial charge in [-0.2, -0.15) is 0 Å². The van der Waals surface area contributed by atoms with Crippen molar-refractivity contribution < 1.29 is 14.2 Å². The summed E-state index contributed by atoms with van der Waals surface area (Å²) in [5, 5.41) is 25.7. The monoisotopic (exact) mass is 367 g/mol. The van der Waals surface area contributed by atoms with E-state index in [1.54, 1.807) is 18.2 Å². The minimum absolute atomic E-state index is 0.144. The standard InChI is InChI=1S/C15H14ClN3O4S/c1-17-24(23,13-5-3-2-4-6-13)15(19(21)22)14(20)18-12-9-7-11(16)8-10-12/h2-10H,1H3,(H2-,17,18,20,23). The molecule has 0 heterocycles. The van der Waals surface area contributed by atoms with Gasteiger partial charge in [-0.15, -0.1) is 4.72 Å². The Morgan fingerprint density at radius 2 is 1.71 bits per heavy atom. The minimum Gasteiger partial charge on any atom is -0.852 e. The molecule has 2 rings (SSSR count). The Kier molecular flexibility index (Phi) is 5.55. The van der Waals surface area contributed by atoms with Crippen molar-refractivity contribution in [3.05, 3.63) is 80.6 Å². The van der Waals surface area contributed by atoms with Crippen LogP contribution in [0.4, 0.5) is 5.69 Å². The van der Waals surface area contributed by atoms with Gasteiger partial charge in [0.15, 0.2) is 4.90 Å². The molecule has 0 aliphatic carbocycles. The van der Waals surface area contributed by atoms with Gasteiger partial charge in [-0.1, -0.05) is 34.0 Å². The van der Waals surface area contributed by atoms with E-state index in [1.165, 1.54) is 43.4 Å². The highest BCUT2D eigenvalue weighted by Gasteiger charge is 2.46. The predicted octanol–water partition coefficient (Wildman–Crippen LogP) is 2.21. The minimum atomic E-state index is -3.54. The van der Waals surface area contributed by atoms with E-state index >= 15 is 0 Å². The lowest BCUT2D eigenvalue weighted by Gasteiger charge is -2.16. The number of nitrogens with zero attached hydrogens (tertiary/aromatic N) is 1. The molecule has 9 heteroatoms. The molecule has 2 aromatic rings. The van der Waals surface area contributed by atoms with Crippen LogP contribution in [-0.4, -0.2) is 12.0 Å². The Labute approximate surface area is 144 Å². The van der Waals surface area contributed by atoms with Gasteiger partial charge in [0, 0.05) is 17.8 Å². The molecule has 0 amide bonds. The average Bonchev–Trinajstić information content (AvgIpc) is 2.57. The maximum atomic E-state index is 13.1. The van der Waals surface area contributed by atoms with E-state index in [0.29, 0.717) is 10.7 Å². The van der Waals surface area contributed by atoms with E-state index in [9.17, 15) is 19.4 Å². The van der Waals surface area contributed by atoms with Crippen molar-refractivity contribution in [3.63, 3.8) is 0 Å². The smallest absolute Gasteiger partial charge is 0.477 e. The van der Waals surface area contributed by atoms with Gasteiger partial charge < -0.3 is 10.4 Å². The van der Waals surface area contributed by atoms with Crippen LogP contribution in [0.3, 0.4) is 0 Å². The van der Waals surface area contributed by atoms with E-state index in [4.69, 9.17) is 11.6 Å². The van der Waals surface area contributed by atoms with E-state index in [1.807, 2.05) is 0 Å². The molecule has 2 aromatic carbocycles. The van der Waals surface area contributed by atoms with Crippen LogP contribution >= 0.6 is 11.6 Å². The zero-order valence-electron chi connectivity index (χ0n) is 12.6. The Bertz CT molecular complexity index is 809. The lowest BCUT2D eigenvalue weighted by atomic mass is 10.3. The highest BCUT2D eigenvalue weighted by molar-refractivity contribution is 8.04. The van der Waals surface area contributed by atoms with Gasteiger partial charge in [0.1, 0.15) is 4.92 Å². The lowest BCUT2D eigenvalue weighted by molar-refractivity contribution is -0.428. The van der Waals surface area contributed by atoms with Crippen LogP contribution < -0.4 is 15.1 Å². The first-order valence-electron chi connectivity index (χ1n) is 6.74. The molecule has 0 saturated carbocycles. The Hall–Kier alpha value is -2.42. The van der Waals surface area contributed by atoms with Gasteiger partial charge in [0.05, 0.1) is 5.88 Å². The molecule has 7 nitrogen and oxygen atoms in total. The summed E-state index contributed by atoms with van der Waals surface area (Å²) < 4.78 is 15.5. The topological polar surface area (TPSA) is 107 Å². The Morgan fingerprint density at radius 1 is 1.12 bits per heavy atom. The summed E-state index contributed by atoms with van der Waals surface area (Å²) in [7, 11) is -2.24. The third-order valence-electron chi connectivity index (χ3n) is 3.10. The molecule has 126 valence electrons. The Morgan fingerprint density at radius 3 is 2.21 bits per heavy atom. The molecule has 1 atom stereocenters. The van der Waals surface area contributed by atoms with Gasteiger partial charge in [-0.25, -0.2) is 0 Å². The van der Waals surface area contributed by atoms with Crippen LogP contribution in [-0.2, 0) is 14.3 Å². The average molecular weight is 368 g/mol. The van der Waals surface area contributed by atoms with Gasteiger partial charge in [-0.3, -0.25) is 10.1 Å². The second-order valence-electron chi connectivity index (χ2n) is 4.60. The van der Waals surface area contributed by atoms with Gasteiger partial charge in [0.2, 0.25) is 0 Å². The first kappa shape index (κ1) is 17.9. The van der Waals surface area contributed by atoms with Crippen LogP contribution in [0.2, 0.25) is 5.02 Å². The number of nitrogens with one attached hydrogen (secondary N) is 2. The highest BCUT2D eigenvalue weighted by atomic mass is 35.5. The number of benzene rings is 2. The SMILES string of the molecule is CN[S+](=O)(/C(=C(\[O-])Nc1ccc(Cl)cc1)[N+](=O)[O-])c1ccccc1. The first-order valence-corrected chi connectivity index (χ1v) is 8.68. The summed E-state index contributed by atoms with van der Waals surface area (Å²) in [5.41, 5.74) is 0.301. The van der Waals surface area contributed by atoms with Gasteiger partial charge in [-0.05, 0) is 36.4 Å². The molecule has 1 unspecified atom stereocenters. The van der Waals surface area contributed by atoms with Gasteiger partial charge >= 0.3 is 5.03 Å². The molecular formula is C15H14ClN3O4S. The van der Waals surface area contributed by atoms with Crippen molar-refractivity contribution in [1.82, 2.24) is 4.72 Å². The molecule has 0 spiro atoms.